The van der Waals surface area contributed by atoms with Crippen molar-refractivity contribution in [3.63, 3.8) is 0 Å². The maximum absolute atomic E-state index is 10.4. The van der Waals surface area contributed by atoms with E-state index in [1.165, 1.54) is 0 Å². The number of nitrogens with two attached hydrogens (primary N) is 1. The van der Waals surface area contributed by atoms with Crippen molar-refractivity contribution in [2.45, 2.75) is 19.8 Å². The van der Waals surface area contributed by atoms with Crippen LogP contribution in [-0.2, 0) is 4.79 Å². The van der Waals surface area contributed by atoms with Gasteiger partial charge in [-0.2, -0.15) is 5.26 Å². The topological polar surface area (TPSA) is 70.1 Å². The maximum atomic E-state index is 10.4. The first-order valence-electron chi connectivity index (χ1n) is 4.08. The van der Waals surface area contributed by atoms with Gasteiger partial charge in [0.05, 0.1) is 6.07 Å². The van der Waals surface area contributed by atoms with Crippen LogP contribution < -0.4 is 5.73 Å². The van der Waals surface area contributed by atoms with Gasteiger partial charge in [-0.1, -0.05) is 6.92 Å². The quantitative estimate of drug-likeness (QED) is 0.613. The van der Waals surface area contributed by atoms with Crippen LogP contribution in [0.25, 0.3) is 0 Å². The third-order valence-electron chi connectivity index (χ3n) is 1.66. The van der Waals surface area contributed by atoms with Crippen molar-refractivity contribution >= 4 is 5.91 Å². The minimum atomic E-state index is -0.287. The fraction of sp³-hybridized carbons (Fsp3) is 0.750. The minimum absolute atomic E-state index is 0.287. The molecule has 0 bridgehead atoms. The van der Waals surface area contributed by atoms with Gasteiger partial charge in [-0.25, -0.2) is 0 Å². The summed E-state index contributed by atoms with van der Waals surface area (Å²) in [5.74, 6) is -0.287. The van der Waals surface area contributed by atoms with E-state index in [1.54, 1.807) is 0 Å². The molecule has 0 aliphatic carbocycles. The second kappa shape index (κ2) is 6.62. The third-order valence-corrected chi connectivity index (χ3v) is 1.66. The molecule has 0 aliphatic rings. The molecule has 0 saturated heterocycles. The van der Waals surface area contributed by atoms with Crippen LogP contribution in [0.4, 0.5) is 0 Å². The molecule has 0 atom stereocenters. The fourth-order valence-corrected chi connectivity index (χ4v) is 0.904. The Labute approximate surface area is 72.9 Å². The van der Waals surface area contributed by atoms with Crippen LogP contribution in [0.15, 0.2) is 0 Å². The van der Waals surface area contributed by atoms with E-state index >= 15 is 0 Å². The highest BCUT2D eigenvalue weighted by Gasteiger charge is 2.02. The van der Waals surface area contributed by atoms with Crippen molar-refractivity contribution < 1.29 is 4.79 Å². The molecule has 0 aliphatic heterocycles. The molecule has 2 N–H and O–H groups in total. The van der Waals surface area contributed by atoms with E-state index in [0.29, 0.717) is 19.4 Å². The monoisotopic (exact) mass is 169 g/mol. The zero-order chi connectivity index (χ0) is 9.40. The van der Waals surface area contributed by atoms with Gasteiger partial charge in [0.2, 0.25) is 5.91 Å². The molecule has 4 nitrogen and oxygen atoms in total. The third kappa shape index (κ3) is 5.69. The Bertz CT molecular complexity index is 174. The molecule has 0 unspecified atom stereocenters. The van der Waals surface area contributed by atoms with E-state index in [-0.39, 0.29) is 5.91 Å². The Balaban J connectivity index is 3.54. The summed E-state index contributed by atoms with van der Waals surface area (Å²) in [6.07, 6.45) is 0.881. The van der Waals surface area contributed by atoms with Crippen molar-refractivity contribution in [1.82, 2.24) is 4.90 Å². The smallest absolute Gasteiger partial charge is 0.218 e. The first-order chi connectivity index (χ1) is 5.70. The number of nitriles is 1. The molecule has 0 aromatic heterocycles. The van der Waals surface area contributed by atoms with Crippen LogP contribution in [0.1, 0.15) is 19.8 Å². The van der Waals surface area contributed by atoms with Crippen molar-refractivity contribution in [1.29, 1.82) is 5.26 Å². The van der Waals surface area contributed by atoms with Crippen LogP contribution in [0.5, 0.6) is 0 Å². The summed E-state index contributed by atoms with van der Waals surface area (Å²) in [5.41, 5.74) is 4.99. The Morgan fingerprint density at radius 1 is 1.58 bits per heavy atom. The van der Waals surface area contributed by atoms with Crippen LogP contribution in [0, 0.1) is 11.3 Å². The van der Waals surface area contributed by atoms with Crippen LogP contribution >= 0.6 is 0 Å². The molecule has 68 valence electrons. The first kappa shape index (κ1) is 10.9. The summed E-state index contributed by atoms with van der Waals surface area (Å²) in [7, 11) is 0. The van der Waals surface area contributed by atoms with Gasteiger partial charge in [-0.15, -0.1) is 0 Å². The molecule has 4 heteroatoms. The molecular weight excluding hydrogens is 154 g/mol. The Hall–Kier alpha value is -1.08. The second-order valence-corrected chi connectivity index (χ2v) is 2.56. The van der Waals surface area contributed by atoms with E-state index in [2.05, 4.69) is 6.07 Å². The number of hydrogen-bond donors (Lipinski definition) is 1. The second-order valence-electron chi connectivity index (χ2n) is 2.56. The number of nitrogens with zero attached hydrogens (tertiary/aromatic N) is 2. The fourth-order valence-electron chi connectivity index (χ4n) is 0.904. The van der Waals surface area contributed by atoms with Gasteiger partial charge < -0.3 is 10.6 Å². The van der Waals surface area contributed by atoms with Gasteiger partial charge in [-0.3, -0.25) is 4.79 Å². The molecule has 0 aromatic rings. The van der Waals surface area contributed by atoms with Gasteiger partial charge in [0.15, 0.2) is 0 Å². The Morgan fingerprint density at radius 2 is 2.25 bits per heavy atom. The average Bonchev–Trinajstić information content (AvgIpc) is 2.05. The summed E-state index contributed by atoms with van der Waals surface area (Å²) in [6, 6.07) is 2.06. The molecule has 0 saturated carbocycles. The zero-order valence-corrected chi connectivity index (χ0v) is 7.42. The predicted octanol–water partition coefficient (Wildman–Crippen LogP) is 0.0974. The van der Waals surface area contributed by atoms with Gasteiger partial charge in [0.25, 0.3) is 0 Å². The van der Waals surface area contributed by atoms with Crippen molar-refractivity contribution in [2.75, 3.05) is 19.6 Å². The van der Waals surface area contributed by atoms with E-state index in [4.69, 9.17) is 11.0 Å². The number of carbonyl (C=O) groups is 1. The highest BCUT2D eigenvalue weighted by molar-refractivity contribution is 5.73. The minimum Gasteiger partial charge on any atom is -0.370 e. The van der Waals surface area contributed by atoms with Gasteiger partial charge in [-0.05, 0) is 6.54 Å². The average molecular weight is 169 g/mol. The number of primary amides is 1. The SMILES string of the molecule is CCN(CCC#N)CCC(N)=O. The van der Waals surface area contributed by atoms with E-state index < -0.39 is 0 Å². The number of rotatable bonds is 6. The van der Waals surface area contributed by atoms with E-state index in [1.807, 2.05) is 11.8 Å². The van der Waals surface area contributed by atoms with Crippen LogP contribution in [0.3, 0.4) is 0 Å². The van der Waals surface area contributed by atoms with E-state index in [9.17, 15) is 4.79 Å². The molecule has 0 rings (SSSR count). The van der Waals surface area contributed by atoms with E-state index in [0.717, 1.165) is 13.1 Å². The van der Waals surface area contributed by atoms with Gasteiger partial charge in [0.1, 0.15) is 0 Å². The standard InChI is InChI=1S/C8H15N3O/c1-2-11(6-3-5-9)7-4-8(10)12/h2-4,6-7H2,1H3,(H2,10,12). The predicted molar refractivity (Wildman–Crippen MR) is 46.2 cm³/mol. The summed E-state index contributed by atoms with van der Waals surface area (Å²) >= 11 is 0. The number of amides is 1. The first-order valence-corrected chi connectivity index (χ1v) is 4.08. The molecule has 0 heterocycles. The lowest BCUT2D eigenvalue weighted by Crippen LogP contribution is -2.28. The van der Waals surface area contributed by atoms with Crippen LogP contribution in [-0.4, -0.2) is 30.4 Å². The van der Waals surface area contributed by atoms with Crippen molar-refractivity contribution in [2.24, 2.45) is 5.73 Å². The highest BCUT2D eigenvalue weighted by atomic mass is 16.1. The number of hydrogen-bond acceptors (Lipinski definition) is 3. The molecule has 0 radical (unpaired) electrons. The summed E-state index contributed by atoms with van der Waals surface area (Å²) in [4.78, 5) is 12.5. The Morgan fingerprint density at radius 3 is 2.67 bits per heavy atom. The normalized spacial score (nSPS) is 9.75. The van der Waals surface area contributed by atoms with Crippen molar-refractivity contribution in [3.05, 3.63) is 0 Å². The summed E-state index contributed by atoms with van der Waals surface area (Å²) in [6.45, 7) is 4.24. The summed E-state index contributed by atoms with van der Waals surface area (Å²) in [5, 5.41) is 8.32. The van der Waals surface area contributed by atoms with Crippen LogP contribution in [0.2, 0.25) is 0 Å². The lowest BCUT2D eigenvalue weighted by molar-refractivity contribution is -0.118. The maximum Gasteiger partial charge on any atom is 0.218 e. The van der Waals surface area contributed by atoms with Gasteiger partial charge >= 0.3 is 0 Å². The Kier molecular flexibility index (Phi) is 6.02. The molecule has 12 heavy (non-hydrogen) atoms. The lowest BCUT2D eigenvalue weighted by Gasteiger charge is -2.17. The molecule has 0 fully saturated rings. The molecular formula is C8H15N3O. The lowest BCUT2D eigenvalue weighted by atomic mass is 10.3. The number of carbonyl (C=O) groups excluding carboxylic acids is 1. The molecule has 0 aromatic carbocycles. The largest absolute Gasteiger partial charge is 0.370 e. The molecule has 0 spiro atoms. The van der Waals surface area contributed by atoms with Crippen molar-refractivity contribution in [3.8, 4) is 6.07 Å². The van der Waals surface area contributed by atoms with Gasteiger partial charge in [0, 0.05) is 25.9 Å². The highest BCUT2D eigenvalue weighted by Crippen LogP contribution is 1.92. The zero-order valence-electron chi connectivity index (χ0n) is 7.42. The summed E-state index contributed by atoms with van der Waals surface area (Å²) < 4.78 is 0. The molecule has 1 amide bonds.